The normalized spacial score (nSPS) is 12.0. The zero-order valence-corrected chi connectivity index (χ0v) is 25.4. The van der Waals surface area contributed by atoms with Crippen LogP contribution in [0, 0.1) is 10.1 Å². The molecule has 0 radical (unpaired) electrons. The highest BCUT2D eigenvalue weighted by molar-refractivity contribution is 6.76. The predicted molar refractivity (Wildman–Crippen MR) is 166 cm³/mol. The topological polar surface area (TPSA) is 132 Å². The van der Waals surface area contributed by atoms with Gasteiger partial charge < -0.3 is 24.2 Å². The highest BCUT2D eigenvalue weighted by Crippen LogP contribution is 2.31. The van der Waals surface area contributed by atoms with Gasteiger partial charge in [-0.05, 0) is 40.8 Å². The van der Waals surface area contributed by atoms with Crippen molar-refractivity contribution in [3.63, 3.8) is 0 Å². The Morgan fingerprint density at radius 3 is 2.49 bits per heavy atom. The molecule has 4 heterocycles. The van der Waals surface area contributed by atoms with Crippen molar-refractivity contribution in [3.05, 3.63) is 93.0 Å². The Morgan fingerprint density at radius 2 is 1.70 bits per heavy atom. The maximum absolute atomic E-state index is 13.7. The maximum Gasteiger partial charge on any atom is 0.367 e. The first kappa shape index (κ1) is 28.2. The van der Waals surface area contributed by atoms with Crippen molar-refractivity contribution in [2.45, 2.75) is 39.0 Å². The van der Waals surface area contributed by atoms with E-state index in [1.165, 1.54) is 16.8 Å². The summed E-state index contributed by atoms with van der Waals surface area (Å²) in [4.78, 5) is 28.2. The van der Waals surface area contributed by atoms with Gasteiger partial charge >= 0.3 is 11.7 Å². The number of aromatic nitrogens is 6. The lowest BCUT2D eigenvalue weighted by atomic mass is 10.1. The van der Waals surface area contributed by atoms with Gasteiger partial charge in [-0.25, -0.2) is 9.36 Å². The molecular weight excluding hydrogens is 566 g/mol. The minimum Gasteiger partial charge on any atom is -0.420 e. The molecule has 13 heteroatoms. The minimum absolute atomic E-state index is 0.104. The molecule has 0 saturated carbocycles. The smallest absolute Gasteiger partial charge is 0.367 e. The number of hydrogen-bond donors (Lipinski definition) is 0. The lowest BCUT2D eigenvalue weighted by molar-refractivity contribution is -0.389. The molecule has 4 aromatic heterocycles. The van der Waals surface area contributed by atoms with Gasteiger partial charge in [0, 0.05) is 61.1 Å². The minimum atomic E-state index is -1.17. The number of aryl methyl sites for hydroxylation is 1. The molecule has 0 aliphatic carbocycles. The monoisotopic (exact) mass is 597 g/mol. The summed E-state index contributed by atoms with van der Waals surface area (Å²) in [6.07, 6.45) is 3.52. The van der Waals surface area contributed by atoms with Crippen LogP contribution in [0.3, 0.4) is 0 Å². The van der Waals surface area contributed by atoms with Crippen LogP contribution >= 0.6 is 0 Å². The molecule has 6 aromatic rings. The summed E-state index contributed by atoms with van der Waals surface area (Å²) in [5.41, 5.74) is 2.91. The Kier molecular flexibility index (Phi) is 7.28. The number of pyridine rings is 1. The number of nitrogens with zero attached hydrogens (tertiary/aromatic N) is 7. The Balaban J connectivity index is 1.28. The van der Waals surface area contributed by atoms with Crippen molar-refractivity contribution >= 4 is 46.6 Å². The van der Waals surface area contributed by atoms with E-state index in [1.54, 1.807) is 24.4 Å². The van der Waals surface area contributed by atoms with Gasteiger partial charge in [-0.15, -0.1) is 0 Å². The van der Waals surface area contributed by atoms with Gasteiger partial charge in [-0.2, -0.15) is 10.2 Å². The predicted octanol–water partition coefficient (Wildman–Crippen LogP) is 5.69. The molecule has 0 aliphatic rings. The summed E-state index contributed by atoms with van der Waals surface area (Å²) in [5.74, 6) is 0.239. The molecule has 0 fully saturated rings. The van der Waals surface area contributed by atoms with E-state index >= 15 is 0 Å². The summed E-state index contributed by atoms with van der Waals surface area (Å²) in [6.45, 7) is 8.33. The van der Waals surface area contributed by atoms with Crippen LogP contribution in [-0.2, 0) is 25.1 Å². The van der Waals surface area contributed by atoms with Crippen LogP contribution in [-0.4, -0.2) is 48.7 Å². The first-order valence-corrected chi connectivity index (χ1v) is 17.6. The van der Waals surface area contributed by atoms with Gasteiger partial charge in [0.2, 0.25) is 0 Å². The third kappa shape index (κ3) is 5.64. The van der Waals surface area contributed by atoms with Crippen LogP contribution in [0.2, 0.25) is 25.7 Å². The molecule has 0 aliphatic heterocycles. The highest BCUT2D eigenvalue weighted by Gasteiger charge is 2.18. The fourth-order valence-electron chi connectivity index (χ4n) is 5.09. The molecule has 0 unspecified atom stereocenters. The summed E-state index contributed by atoms with van der Waals surface area (Å²) < 4.78 is 16.8. The average molecular weight is 598 g/mol. The highest BCUT2D eigenvalue weighted by atomic mass is 28.3. The maximum atomic E-state index is 13.7. The summed E-state index contributed by atoms with van der Waals surface area (Å²) in [5, 5.41) is 22.6. The summed E-state index contributed by atoms with van der Waals surface area (Å²) in [7, 11) is 0.643. The van der Waals surface area contributed by atoms with E-state index in [-0.39, 0.29) is 23.8 Å². The first-order valence-electron chi connectivity index (χ1n) is 13.9. The molecule has 0 bridgehead atoms. The van der Waals surface area contributed by atoms with Crippen LogP contribution in [0.15, 0.2) is 71.8 Å². The fraction of sp³-hybridized carbons (Fsp3) is 0.267. The molecule has 0 spiro atoms. The Hall–Kier alpha value is -4.88. The van der Waals surface area contributed by atoms with Gasteiger partial charge in [0.25, 0.3) is 5.56 Å². The van der Waals surface area contributed by atoms with E-state index in [2.05, 4.69) is 34.8 Å². The van der Waals surface area contributed by atoms with Gasteiger partial charge in [-0.3, -0.25) is 4.79 Å². The van der Waals surface area contributed by atoms with E-state index in [9.17, 15) is 14.9 Å². The van der Waals surface area contributed by atoms with Gasteiger partial charge in [-0.1, -0.05) is 31.8 Å². The van der Waals surface area contributed by atoms with Gasteiger partial charge in [0.1, 0.15) is 18.0 Å². The number of benzene rings is 2. The van der Waals surface area contributed by atoms with Gasteiger partial charge in [0.15, 0.2) is 0 Å². The summed E-state index contributed by atoms with van der Waals surface area (Å²) in [6, 6.07) is 16.7. The van der Waals surface area contributed by atoms with Crippen molar-refractivity contribution in [1.29, 1.82) is 0 Å². The number of hydrogen-bond acceptors (Lipinski definition) is 8. The Labute approximate surface area is 247 Å². The van der Waals surface area contributed by atoms with Gasteiger partial charge in [0.05, 0.1) is 30.0 Å². The standard InChI is InChI=1S/C30H31N7O5Si/c1-34-26-15-21(42-28-10-6-9-27(33-28)37(39)40)11-12-22(26)24-17-31-35(30(38)29(24)34)18-20-7-5-8-25-23(20)16-32-36(25)19-41-13-14-43(2,3)4/h5-12,15-17H,13-14,18-19H2,1-4H3. The first-order chi connectivity index (χ1) is 20.6. The number of fused-ring (bicyclic) bond motifs is 4. The molecule has 0 atom stereocenters. The largest absolute Gasteiger partial charge is 0.420 e. The molecule has 0 amide bonds. The molecular formula is C30H31N7O5Si. The third-order valence-electron chi connectivity index (χ3n) is 7.40. The molecule has 2 aromatic carbocycles. The Morgan fingerprint density at radius 1 is 0.930 bits per heavy atom. The van der Waals surface area contributed by atoms with Crippen molar-refractivity contribution in [3.8, 4) is 11.6 Å². The molecule has 0 N–H and O–H groups in total. The van der Waals surface area contributed by atoms with E-state index in [4.69, 9.17) is 9.47 Å². The molecule has 220 valence electrons. The molecule has 0 saturated heterocycles. The van der Waals surface area contributed by atoms with E-state index in [0.717, 1.165) is 38.8 Å². The second-order valence-corrected chi connectivity index (χ2v) is 17.3. The SMILES string of the molecule is Cn1c2cc(Oc3cccc([N+](=O)[O-])n3)ccc2c2cnn(Cc3cccc4c3cnn4COCC[Si](C)(C)C)c(=O)c21. The van der Waals surface area contributed by atoms with Crippen molar-refractivity contribution in [2.75, 3.05) is 6.61 Å². The molecule has 43 heavy (non-hydrogen) atoms. The molecule has 12 nitrogen and oxygen atoms in total. The second kappa shape index (κ2) is 11.1. The number of rotatable bonds is 10. The number of nitro groups is 1. The van der Waals surface area contributed by atoms with Crippen LogP contribution in [0.1, 0.15) is 5.56 Å². The van der Waals surface area contributed by atoms with Crippen LogP contribution in [0.25, 0.3) is 32.7 Å². The zero-order valence-electron chi connectivity index (χ0n) is 24.4. The third-order valence-corrected chi connectivity index (χ3v) is 9.10. The average Bonchev–Trinajstić information content (AvgIpc) is 3.51. The van der Waals surface area contributed by atoms with E-state index in [1.807, 2.05) is 46.8 Å². The van der Waals surface area contributed by atoms with E-state index in [0.29, 0.717) is 24.6 Å². The van der Waals surface area contributed by atoms with Crippen LogP contribution < -0.4 is 10.3 Å². The van der Waals surface area contributed by atoms with Crippen LogP contribution in [0.4, 0.5) is 5.82 Å². The summed E-state index contributed by atoms with van der Waals surface area (Å²) >= 11 is 0. The van der Waals surface area contributed by atoms with E-state index < -0.39 is 13.0 Å². The lowest BCUT2D eigenvalue weighted by Gasteiger charge is -2.15. The molecule has 6 rings (SSSR count). The quantitative estimate of drug-likeness (QED) is 0.0851. The van der Waals surface area contributed by atoms with Crippen molar-refractivity contribution < 1.29 is 14.4 Å². The Bertz CT molecular complexity index is 2060. The zero-order chi connectivity index (χ0) is 30.3. The second-order valence-electron chi connectivity index (χ2n) is 11.6. The van der Waals surface area contributed by atoms with Crippen molar-refractivity contribution in [1.82, 2.24) is 29.1 Å². The fourth-order valence-corrected chi connectivity index (χ4v) is 5.85. The van der Waals surface area contributed by atoms with Crippen LogP contribution in [0.5, 0.6) is 11.6 Å². The number of ether oxygens (including phenoxy) is 2. The lowest BCUT2D eigenvalue weighted by Crippen LogP contribution is -2.24. The van der Waals surface area contributed by atoms with Crippen molar-refractivity contribution in [2.24, 2.45) is 7.05 Å².